The smallest absolute Gasteiger partial charge is 0.0233 e. The summed E-state index contributed by atoms with van der Waals surface area (Å²) < 4.78 is 0. The van der Waals surface area contributed by atoms with Crippen LogP contribution in [-0.4, -0.2) is 48.6 Å². The van der Waals surface area contributed by atoms with Gasteiger partial charge in [-0.1, -0.05) is 0 Å². The minimum Gasteiger partial charge on any atom is -0.315 e. The topological polar surface area (TPSA) is 15.3 Å². The van der Waals surface area contributed by atoms with Crippen molar-refractivity contribution in [3.8, 4) is 0 Å². The Morgan fingerprint density at radius 1 is 1.15 bits per heavy atom. The van der Waals surface area contributed by atoms with Gasteiger partial charge in [0.05, 0.1) is 0 Å². The molecule has 0 amide bonds. The summed E-state index contributed by atoms with van der Waals surface area (Å²) in [5.74, 6) is 2.69. The number of hydrogen-bond acceptors (Lipinski definition) is 3. The molecule has 1 N–H and O–H groups in total. The zero-order valence-corrected chi connectivity index (χ0v) is 10.1. The fraction of sp³-hybridized carbons (Fsp3) is 1.00. The highest BCUT2D eigenvalue weighted by molar-refractivity contribution is 7.99. The van der Waals surface area contributed by atoms with Crippen LogP contribution in [0.5, 0.6) is 0 Å². The van der Waals surface area contributed by atoms with Crippen molar-refractivity contribution in [3.63, 3.8) is 0 Å². The van der Waals surface area contributed by atoms with Gasteiger partial charge in [-0.25, -0.2) is 0 Å². The van der Waals surface area contributed by atoms with E-state index in [-0.39, 0.29) is 24.8 Å². The summed E-state index contributed by atoms with van der Waals surface area (Å²) in [6.07, 6.45) is 1.37. The number of halogens is 2. The molecule has 0 aromatic heterocycles. The summed E-state index contributed by atoms with van der Waals surface area (Å²) in [4.78, 5) is 2.65. The molecule has 0 aromatic rings. The monoisotopic (exact) mass is 244 g/mol. The number of thioether (sulfide) groups is 1. The van der Waals surface area contributed by atoms with Crippen LogP contribution < -0.4 is 5.32 Å². The zero-order valence-electron chi connectivity index (χ0n) is 7.70. The van der Waals surface area contributed by atoms with Gasteiger partial charge in [0.15, 0.2) is 0 Å². The van der Waals surface area contributed by atoms with Crippen LogP contribution in [0.1, 0.15) is 6.42 Å². The third-order valence-corrected chi connectivity index (χ3v) is 3.54. The summed E-state index contributed by atoms with van der Waals surface area (Å²) in [7, 11) is 0. The lowest BCUT2D eigenvalue weighted by Gasteiger charge is -2.31. The Hall–Kier alpha value is 0.850. The lowest BCUT2D eigenvalue weighted by atomic mass is 10.2. The lowest BCUT2D eigenvalue weighted by Crippen LogP contribution is -2.42. The average Bonchev–Trinajstić information content (AvgIpc) is 2.58. The van der Waals surface area contributed by atoms with Crippen molar-refractivity contribution in [2.45, 2.75) is 12.5 Å². The highest BCUT2D eigenvalue weighted by Gasteiger charge is 2.23. The van der Waals surface area contributed by atoms with Crippen LogP contribution in [0.3, 0.4) is 0 Å². The van der Waals surface area contributed by atoms with E-state index in [1.807, 2.05) is 0 Å². The van der Waals surface area contributed by atoms with E-state index in [2.05, 4.69) is 22.0 Å². The normalized spacial score (nSPS) is 29.1. The highest BCUT2D eigenvalue weighted by atomic mass is 35.5. The van der Waals surface area contributed by atoms with E-state index in [0.717, 1.165) is 6.04 Å². The molecule has 1 unspecified atom stereocenters. The molecule has 0 spiro atoms. The SMILES string of the molecule is C1CC(N2CCSCC2)CN1.Cl.Cl. The summed E-state index contributed by atoms with van der Waals surface area (Å²) in [6, 6.07) is 0.857. The predicted octanol–water partition coefficient (Wildman–Crippen LogP) is 1.24. The molecule has 0 radical (unpaired) electrons. The Morgan fingerprint density at radius 3 is 2.38 bits per heavy atom. The van der Waals surface area contributed by atoms with Gasteiger partial charge in [-0.15, -0.1) is 24.8 Å². The predicted molar refractivity (Wildman–Crippen MR) is 64.7 cm³/mol. The van der Waals surface area contributed by atoms with Gasteiger partial charge in [0, 0.05) is 37.2 Å². The molecule has 0 bridgehead atoms. The molecule has 2 aliphatic rings. The number of nitrogens with zero attached hydrogens (tertiary/aromatic N) is 1. The Bertz CT molecular complexity index is 125. The molecule has 0 aliphatic carbocycles. The van der Waals surface area contributed by atoms with Crippen molar-refractivity contribution < 1.29 is 0 Å². The van der Waals surface area contributed by atoms with Gasteiger partial charge >= 0.3 is 0 Å². The Labute approximate surface area is 97.0 Å². The largest absolute Gasteiger partial charge is 0.315 e. The van der Waals surface area contributed by atoms with Crippen molar-refractivity contribution >= 4 is 36.6 Å². The molecule has 5 heteroatoms. The van der Waals surface area contributed by atoms with Crippen molar-refractivity contribution in [1.82, 2.24) is 10.2 Å². The standard InChI is InChI=1S/C8H16N2S.2ClH/c1-2-9-7-8(1)10-3-5-11-6-4-10;;/h8-9H,1-7H2;2*1H. The van der Waals surface area contributed by atoms with E-state index >= 15 is 0 Å². The fourth-order valence-corrected chi connectivity index (χ4v) is 2.83. The van der Waals surface area contributed by atoms with Crippen LogP contribution in [0.15, 0.2) is 0 Å². The van der Waals surface area contributed by atoms with E-state index in [1.54, 1.807) is 0 Å². The summed E-state index contributed by atoms with van der Waals surface area (Å²) in [6.45, 7) is 5.09. The molecule has 0 aromatic carbocycles. The van der Waals surface area contributed by atoms with Crippen LogP contribution >= 0.6 is 36.6 Å². The van der Waals surface area contributed by atoms with Crippen LogP contribution in [0, 0.1) is 0 Å². The first-order chi connectivity index (χ1) is 5.47. The molecule has 2 heterocycles. The third kappa shape index (κ3) is 3.84. The van der Waals surface area contributed by atoms with Gasteiger partial charge in [-0.3, -0.25) is 4.90 Å². The van der Waals surface area contributed by atoms with Crippen molar-refractivity contribution in [1.29, 1.82) is 0 Å². The van der Waals surface area contributed by atoms with E-state index in [9.17, 15) is 0 Å². The fourth-order valence-electron chi connectivity index (χ4n) is 1.89. The zero-order chi connectivity index (χ0) is 7.52. The number of hydrogen-bond donors (Lipinski definition) is 1. The second kappa shape index (κ2) is 7.18. The molecule has 0 saturated carbocycles. The van der Waals surface area contributed by atoms with E-state index < -0.39 is 0 Å². The van der Waals surface area contributed by atoms with Crippen LogP contribution in [-0.2, 0) is 0 Å². The molecule has 2 fully saturated rings. The Balaban J connectivity index is 0.000000720. The maximum atomic E-state index is 3.42. The summed E-state index contributed by atoms with van der Waals surface area (Å²) >= 11 is 2.10. The molecule has 80 valence electrons. The number of nitrogens with one attached hydrogen (secondary N) is 1. The van der Waals surface area contributed by atoms with Gasteiger partial charge in [-0.05, 0) is 13.0 Å². The highest BCUT2D eigenvalue weighted by Crippen LogP contribution is 2.15. The van der Waals surface area contributed by atoms with Crippen molar-refractivity contribution in [2.24, 2.45) is 0 Å². The Kier molecular flexibility index (Phi) is 7.65. The third-order valence-electron chi connectivity index (χ3n) is 2.60. The maximum absolute atomic E-state index is 3.42. The van der Waals surface area contributed by atoms with Gasteiger partial charge in [0.2, 0.25) is 0 Å². The quantitative estimate of drug-likeness (QED) is 0.748. The van der Waals surface area contributed by atoms with Gasteiger partial charge in [-0.2, -0.15) is 11.8 Å². The van der Waals surface area contributed by atoms with E-state index in [1.165, 1.54) is 44.1 Å². The molecular formula is C8H18Cl2N2S. The molecule has 1 atom stereocenters. The Morgan fingerprint density at radius 2 is 1.85 bits per heavy atom. The van der Waals surface area contributed by atoms with Crippen LogP contribution in [0.2, 0.25) is 0 Å². The molecule has 13 heavy (non-hydrogen) atoms. The van der Waals surface area contributed by atoms with Crippen LogP contribution in [0.25, 0.3) is 0 Å². The molecule has 2 nitrogen and oxygen atoms in total. The second-order valence-corrected chi connectivity index (χ2v) is 4.52. The first kappa shape index (κ1) is 13.8. The van der Waals surface area contributed by atoms with E-state index in [4.69, 9.17) is 0 Å². The minimum atomic E-state index is 0. The summed E-state index contributed by atoms with van der Waals surface area (Å²) in [5, 5.41) is 3.42. The molecular weight excluding hydrogens is 227 g/mol. The molecule has 2 saturated heterocycles. The maximum Gasteiger partial charge on any atom is 0.0233 e. The van der Waals surface area contributed by atoms with Gasteiger partial charge in [0.25, 0.3) is 0 Å². The molecule has 2 rings (SSSR count). The van der Waals surface area contributed by atoms with Gasteiger partial charge < -0.3 is 5.32 Å². The van der Waals surface area contributed by atoms with Crippen LogP contribution in [0.4, 0.5) is 0 Å². The van der Waals surface area contributed by atoms with Crippen molar-refractivity contribution in [3.05, 3.63) is 0 Å². The first-order valence-corrected chi connectivity index (χ1v) is 5.65. The first-order valence-electron chi connectivity index (χ1n) is 4.49. The van der Waals surface area contributed by atoms with Crippen molar-refractivity contribution in [2.75, 3.05) is 37.7 Å². The molecule has 2 aliphatic heterocycles. The second-order valence-electron chi connectivity index (χ2n) is 3.29. The summed E-state index contributed by atoms with van der Waals surface area (Å²) in [5.41, 5.74) is 0. The lowest BCUT2D eigenvalue weighted by molar-refractivity contribution is 0.230. The average molecular weight is 245 g/mol. The number of rotatable bonds is 1. The minimum absolute atomic E-state index is 0. The van der Waals surface area contributed by atoms with Gasteiger partial charge in [0.1, 0.15) is 0 Å². The van der Waals surface area contributed by atoms with E-state index in [0.29, 0.717) is 0 Å².